The first-order chi connectivity index (χ1) is 8.89. The second kappa shape index (κ2) is 6.18. The van der Waals surface area contributed by atoms with Crippen LogP contribution in [-0.4, -0.2) is 9.55 Å². The Bertz CT molecular complexity index is 579. The van der Waals surface area contributed by atoms with Gasteiger partial charge in [-0.25, -0.2) is 13.8 Å². The summed E-state index contributed by atoms with van der Waals surface area (Å²) in [7, 11) is 0. The Morgan fingerprint density at radius 1 is 1.20 bits per heavy atom. The van der Waals surface area contributed by atoms with Gasteiger partial charge < -0.3 is 4.57 Å². The number of nitrogens with zero attached hydrogens (tertiary/aromatic N) is 2. The summed E-state index contributed by atoms with van der Waals surface area (Å²) in [5.74, 6) is -1.11. The molecule has 0 aliphatic rings. The van der Waals surface area contributed by atoms with E-state index in [0.29, 0.717) is 5.57 Å². The van der Waals surface area contributed by atoms with Crippen LogP contribution in [0.1, 0.15) is 26.3 Å². The molecule has 0 amide bonds. The fraction of sp³-hybridized carbons (Fsp3) is 0.267. The van der Waals surface area contributed by atoms with Gasteiger partial charge in [0.1, 0.15) is 11.6 Å². The summed E-state index contributed by atoms with van der Waals surface area (Å²) >= 11 is 0. The van der Waals surface area contributed by atoms with E-state index in [4.69, 9.17) is 0 Å². The van der Waals surface area contributed by atoms with Crippen molar-refractivity contribution in [3.05, 3.63) is 54.1 Å². The molecule has 1 aromatic heterocycles. The molecule has 1 heterocycles. The molecule has 0 fully saturated rings. The van der Waals surface area contributed by atoms with Crippen molar-refractivity contribution in [3.8, 4) is 0 Å². The van der Waals surface area contributed by atoms with E-state index >= 15 is 0 Å². The van der Waals surface area contributed by atoms with Gasteiger partial charge in [-0.05, 0) is 23.1 Å². The van der Waals surface area contributed by atoms with Gasteiger partial charge in [0.25, 0.3) is 0 Å². The van der Waals surface area contributed by atoms with Crippen molar-refractivity contribution in [2.24, 2.45) is 5.41 Å². The Labute approximate surface area is 123 Å². The summed E-state index contributed by atoms with van der Waals surface area (Å²) in [5.41, 5.74) is 0.206. The van der Waals surface area contributed by atoms with Crippen LogP contribution in [0.5, 0.6) is 0 Å². The second-order valence-electron chi connectivity index (χ2n) is 5.40. The maximum absolute atomic E-state index is 14.0. The summed E-state index contributed by atoms with van der Waals surface area (Å²) in [6.45, 7) is 5.75. The number of allylic oxidation sites excluding steroid dienone is 1. The van der Waals surface area contributed by atoms with E-state index < -0.39 is 17.0 Å². The van der Waals surface area contributed by atoms with E-state index in [0.717, 1.165) is 0 Å². The monoisotopic (exact) mass is 298 g/mol. The lowest BCUT2D eigenvalue weighted by Crippen LogP contribution is -2.12. The number of imidazole rings is 1. The first kappa shape index (κ1) is 16.4. The second-order valence-corrected chi connectivity index (χ2v) is 5.40. The van der Waals surface area contributed by atoms with Crippen LogP contribution in [0.25, 0.3) is 11.8 Å². The summed E-state index contributed by atoms with van der Waals surface area (Å²) in [4.78, 5) is 3.93. The van der Waals surface area contributed by atoms with Gasteiger partial charge in [0.2, 0.25) is 0 Å². The lowest BCUT2D eigenvalue weighted by molar-refractivity contribution is 0.534. The quantitative estimate of drug-likeness (QED) is 0.790. The zero-order valence-corrected chi connectivity index (χ0v) is 12.4. The summed E-state index contributed by atoms with van der Waals surface area (Å²) in [6.07, 6.45) is 6.64. The Hall–Kier alpha value is -1.68. The minimum Gasteiger partial charge on any atom is -0.313 e. The van der Waals surface area contributed by atoms with Crippen LogP contribution in [0, 0.1) is 17.0 Å². The first-order valence-electron chi connectivity index (χ1n) is 6.03. The van der Waals surface area contributed by atoms with E-state index in [1.54, 1.807) is 29.5 Å². The van der Waals surface area contributed by atoms with Crippen LogP contribution in [0.3, 0.4) is 0 Å². The molecule has 2 nitrogen and oxygen atoms in total. The molecule has 0 aliphatic carbocycles. The highest BCUT2D eigenvalue weighted by atomic mass is 35.5. The number of benzene rings is 1. The Kier molecular flexibility index (Phi) is 5.06. The Morgan fingerprint density at radius 2 is 1.80 bits per heavy atom. The Morgan fingerprint density at radius 3 is 2.25 bits per heavy atom. The van der Waals surface area contributed by atoms with Gasteiger partial charge in [-0.2, -0.15) is 0 Å². The lowest BCUT2D eigenvalue weighted by atomic mass is 9.82. The highest BCUT2D eigenvalue weighted by Gasteiger charge is 2.24. The number of hydrogen-bond donors (Lipinski definition) is 0. The van der Waals surface area contributed by atoms with Crippen molar-refractivity contribution < 1.29 is 8.78 Å². The molecule has 0 N–H and O–H groups in total. The van der Waals surface area contributed by atoms with Gasteiger partial charge in [-0.15, -0.1) is 12.4 Å². The lowest BCUT2D eigenvalue weighted by Gasteiger charge is -2.24. The summed E-state index contributed by atoms with van der Waals surface area (Å²) < 4.78 is 29.6. The molecule has 2 rings (SSSR count). The van der Waals surface area contributed by atoms with Crippen LogP contribution in [0.4, 0.5) is 8.78 Å². The van der Waals surface area contributed by atoms with Gasteiger partial charge in [0.05, 0.1) is 11.9 Å². The van der Waals surface area contributed by atoms with Crippen LogP contribution in [0.2, 0.25) is 0 Å². The van der Waals surface area contributed by atoms with E-state index in [2.05, 4.69) is 4.98 Å². The Balaban J connectivity index is 0.00000200. The molecule has 0 radical (unpaired) electrons. The number of rotatable bonds is 2. The van der Waals surface area contributed by atoms with E-state index in [-0.39, 0.29) is 18.0 Å². The molecule has 0 spiro atoms. The molecule has 5 heteroatoms. The average Bonchev–Trinajstić information content (AvgIpc) is 2.79. The van der Waals surface area contributed by atoms with Crippen molar-refractivity contribution in [2.75, 3.05) is 0 Å². The third kappa shape index (κ3) is 3.45. The highest BCUT2D eigenvalue weighted by Crippen LogP contribution is 2.37. The molecule has 0 saturated heterocycles. The van der Waals surface area contributed by atoms with Crippen LogP contribution >= 0.6 is 12.4 Å². The molecule has 108 valence electrons. The SMILES string of the molecule is CC(C)(C)C(=Cn1ccnc1)c1c(F)cccc1F.Cl. The zero-order valence-electron chi connectivity index (χ0n) is 11.6. The maximum atomic E-state index is 14.0. The molecular weight excluding hydrogens is 282 g/mol. The average molecular weight is 299 g/mol. The normalized spacial score (nSPS) is 12.2. The molecular formula is C15H17ClF2N2. The minimum absolute atomic E-state index is 0. The van der Waals surface area contributed by atoms with Crippen LogP contribution in [-0.2, 0) is 0 Å². The van der Waals surface area contributed by atoms with Crippen molar-refractivity contribution in [1.29, 1.82) is 0 Å². The maximum Gasteiger partial charge on any atom is 0.133 e. The molecule has 0 aliphatic heterocycles. The highest BCUT2D eigenvalue weighted by molar-refractivity contribution is 5.85. The number of halogens is 3. The predicted molar refractivity (Wildman–Crippen MR) is 79.5 cm³/mol. The predicted octanol–water partition coefficient (Wildman–Crippen LogP) is 4.63. The van der Waals surface area contributed by atoms with Gasteiger partial charge >= 0.3 is 0 Å². The van der Waals surface area contributed by atoms with Crippen molar-refractivity contribution in [3.63, 3.8) is 0 Å². The van der Waals surface area contributed by atoms with Gasteiger partial charge in [0, 0.05) is 18.6 Å². The van der Waals surface area contributed by atoms with E-state index in [1.165, 1.54) is 18.2 Å². The molecule has 0 unspecified atom stereocenters. The third-order valence-electron chi connectivity index (χ3n) is 2.84. The largest absolute Gasteiger partial charge is 0.313 e. The zero-order chi connectivity index (χ0) is 14.0. The minimum atomic E-state index is -0.554. The molecule has 20 heavy (non-hydrogen) atoms. The third-order valence-corrected chi connectivity index (χ3v) is 2.84. The molecule has 0 saturated carbocycles. The van der Waals surface area contributed by atoms with Crippen LogP contribution in [0.15, 0.2) is 36.9 Å². The van der Waals surface area contributed by atoms with Gasteiger partial charge in [-0.3, -0.25) is 0 Å². The van der Waals surface area contributed by atoms with Gasteiger partial charge in [0.15, 0.2) is 0 Å². The molecule has 0 atom stereocenters. The fourth-order valence-electron chi connectivity index (χ4n) is 1.88. The molecule has 2 aromatic rings. The smallest absolute Gasteiger partial charge is 0.133 e. The first-order valence-corrected chi connectivity index (χ1v) is 6.03. The van der Waals surface area contributed by atoms with Crippen molar-refractivity contribution >= 4 is 24.2 Å². The summed E-state index contributed by atoms with van der Waals surface area (Å²) in [5, 5.41) is 0. The van der Waals surface area contributed by atoms with Crippen LogP contribution < -0.4 is 0 Å². The standard InChI is InChI=1S/C15H16F2N2.ClH/c1-15(2,3)11(9-19-8-7-18-10-19)14-12(16)5-4-6-13(14)17;/h4-10H,1-3H3;1H. The summed E-state index contributed by atoms with van der Waals surface area (Å²) in [6, 6.07) is 3.91. The molecule has 0 bridgehead atoms. The van der Waals surface area contributed by atoms with Crippen molar-refractivity contribution in [1.82, 2.24) is 9.55 Å². The number of hydrogen-bond acceptors (Lipinski definition) is 1. The van der Waals surface area contributed by atoms with E-state index in [9.17, 15) is 8.78 Å². The van der Waals surface area contributed by atoms with E-state index in [1.807, 2.05) is 20.8 Å². The fourth-order valence-corrected chi connectivity index (χ4v) is 1.88. The number of aromatic nitrogens is 2. The molecule has 1 aromatic carbocycles. The van der Waals surface area contributed by atoms with Gasteiger partial charge in [-0.1, -0.05) is 26.8 Å². The topological polar surface area (TPSA) is 17.8 Å². The van der Waals surface area contributed by atoms with Crippen molar-refractivity contribution in [2.45, 2.75) is 20.8 Å².